The van der Waals surface area contributed by atoms with Gasteiger partial charge in [-0.3, -0.25) is 14.5 Å². The molecule has 7 heteroatoms. The summed E-state index contributed by atoms with van der Waals surface area (Å²) < 4.78 is 26.9. The smallest absolute Gasteiger partial charge is 0.242 e. The fourth-order valence-corrected chi connectivity index (χ4v) is 3.67. The fourth-order valence-electron chi connectivity index (χ4n) is 3.67. The van der Waals surface area contributed by atoms with Crippen LogP contribution in [0, 0.1) is 17.0 Å². The van der Waals surface area contributed by atoms with Gasteiger partial charge in [-0.2, -0.15) is 0 Å². The largest absolute Gasteiger partial charge is 0.347 e. The predicted octanol–water partition coefficient (Wildman–Crippen LogP) is 3.36. The summed E-state index contributed by atoms with van der Waals surface area (Å²) in [5.74, 6) is -0.895. The van der Waals surface area contributed by atoms with E-state index in [9.17, 15) is 18.4 Å². The molecular formula is C24H29F2N3O2. The van der Waals surface area contributed by atoms with Crippen LogP contribution >= 0.6 is 0 Å². The van der Waals surface area contributed by atoms with Gasteiger partial charge in [0.2, 0.25) is 11.8 Å². The Labute approximate surface area is 182 Å². The van der Waals surface area contributed by atoms with Gasteiger partial charge < -0.3 is 10.2 Å². The highest BCUT2D eigenvalue weighted by Crippen LogP contribution is 2.30. The number of rotatable bonds is 5. The summed E-state index contributed by atoms with van der Waals surface area (Å²) in [6, 6.07) is 12.5. The maximum atomic E-state index is 13.5. The molecule has 0 aliphatic carbocycles. The molecule has 0 bridgehead atoms. The summed E-state index contributed by atoms with van der Waals surface area (Å²) in [4.78, 5) is 28.5. The van der Waals surface area contributed by atoms with Gasteiger partial charge in [0.15, 0.2) is 0 Å². The second-order valence-corrected chi connectivity index (χ2v) is 8.86. The first-order chi connectivity index (χ1) is 14.6. The molecule has 1 fully saturated rings. The molecule has 1 heterocycles. The molecule has 1 aliphatic heterocycles. The van der Waals surface area contributed by atoms with Crippen molar-refractivity contribution in [2.45, 2.75) is 26.8 Å². The van der Waals surface area contributed by atoms with Gasteiger partial charge in [-0.05, 0) is 35.4 Å². The van der Waals surface area contributed by atoms with E-state index < -0.39 is 5.41 Å². The molecule has 2 aromatic rings. The number of hydrogen-bond acceptors (Lipinski definition) is 3. The van der Waals surface area contributed by atoms with Crippen molar-refractivity contribution in [1.82, 2.24) is 15.1 Å². The van der Waals surface area contributed by atoms with Crippen molar-refractivity contribution in [3.8, 4) is 0 Å². The summed E-state index contributed by atoms with van der Waals surface area (Å²) in [6.45, 7) is 7.64. The van der Waals surface area contributed by atoms with Gasteiger partial charge in [0, 0.05) is 31.6 Å². The van der Waals surface area contributed by atoms with E-state index in [1.165, 1.54) is 24.3 Å². The number of carbonyl (C=O) groups is 2. The minimum absolute atomic E-state index is 0.0184. The second kappa shape index (κ2) is 9.56. The predicted molar refractivity (Wildman–Crippen MR) is 115 cm³/mol. The molecular weight excluding hydrogens is 400 g/mol. The topological polar surface area (TPSA) is 52.7 Å². The highest BCUT2D eigenvalue weighted by molar-refractivity contribution is 5.87. The number of amides is 2. The van der Waals surface area contributed by atoms with Gasteiger partial charge in [-0.15, -0.1) is 0 Å². The zero-order valence-electron chi connectivity index (χ0n) is 18.2. The number of carbonyl (C=O) groups excluding carboxylic acids is 2. The van der Waals surface area contributed by atoms with Crippen LogP contribution in [-0.2, 0) is 9.59 Å². The average molecular weight is 430 g/mol. The molecule has 31 heavy (non-hydrogen) atoms. The maximum absolute atomic E-state index is 13.5. The van der Waals surface area contributed by atoms with Crippen molar-refractivity contribution in [3.05, 3.63) is 71.3 Å². The quantitative estimate of drug-likeness (QED) is 0.793. The van der Waals surface area contributed by atoms with Crippen LogP contribution in [0.5, 0.6) is 0 Å². The maximum Gasteiger partial charge on any atom is 0.242 e. The number of nitrogens with zero attached hydrogens (tertiary/aromatic N) is 2. The molecule has 0 atom stereocenters. The molecule has 0 aromatic heterocycles. The van der Waals surface area contributed by atoms with E-state index in [1.54, 1.807) is 49.9 Å². The lowest BCUT2D eigenvalue weighted by atomic mass is 9.96. The third-order valence-corrected chi connectivity index (χ3v) is 5.48. The van der Waals surface area contributed by atoms with Crippen LogP contribution in [0.2, 0.25) is 0 Å². The Bertz CT molecular complexity index is 854. The number of benzene rings is 2. The van der Waals surface area contributed by atoms with Crippen molar-refractivity contribution < 1.29 is 18.4 Å². The van der Waals surface area contributed by atoms with E-state index in [2.05, 4.69) is 10.2 Å². The number of halogens is 2. The van der Waals surface area contributed by atoms with Crippen molar-refractivity contribution in [2.75, 3.05) is 32.7 Å². The highest BCUT2D eigenvalue weighted by Gasteiger charge is 2.29. The minimum Gasteiger partial charge on any atom is -0.347 e. The van der Waals surface area contributed by atoms with Crippen LogP contribution in [0.3, 0.4) is 0 Å². The summed E-state index contributed by atoms with van der Waals surface area (Å²) in [5, 5.41) is 2.70. The van der Waals surface area contributed by atoms with Gasteiger partial charge in [0.25, 0.3) is 0 Å². The van der Waals surface area contributed by atoms with Gasteiger partial charge >= 0.3 is 0 Å². The molecule has 0 spiro atoms. The Morgan fingerprint density at radius 1 is 0.871 bits per heavy atom. The molecule has 1 aliphatic rings. The Kier molecular flexibility index (Phi) is 7.05. The lowest BCUT2D eigenvalue weighted by Gasteiger charge is -2.40. The summed E-state index contributed by atoms with van der Waals surface area (Å²) in [6.07, 6.45) is 0. The number of nitrogens with one attached hydrogen (secondary N) is 1. The summed E-state index contributed by atoms with van der Waals surface area (Å²) in [5.41, 5.74) is 1.27. The number of piperazine rings is 1. The van der Waals surface area contributed by atoms with Crippen LogP contribution in [0.25, 0.3) is 0 Å². The Hall–Kier alpha value is -2.80. The summed E-state index contributed by atoms with van der Waals surface area (Å²) in [7, 11) is 0. The molecule has 0 radical (unpaired) electrons. The van der Waals surface area contributed by atoms with Gasteiger partial charge in [-0.1, -0.05) is 45.0 Å². The van der Waals surface area contributed by atoms with Crippen LogP contribution in [0.4, 0.5) is 8.78 Å². The monoisotopic (exact) mass is 429 g/mol. The first-order valence-corrected chi connectivity index (χ1v) is 10.5. The van der Waals surface area contributed by atoms with Crippen LogP contribution in [0.1, 0.15) is 37.9 Å². The third-order valence-electron chi connectivity index (χ3n) is 5.48. The van der Waals surface area contributed by atoms with E-state index in [-0.39, 0.29) is 36.0 Å². The molecule has 0 saturated carbocycles. The van der Waals surface area contributed by atoms with E-state index in [0.29, 0.717) is 26.2 Å². The van der Waals surface area contributed by atoms with Crippen molar-refractivity contribution in [1.29, 1.82) is 0 Å². The molecule has 2 amide bonds. The standard InChI is InChI=1S/C24H29F2N3O2/c1-24(2,3)23(31)27-16-21(30)28-12-14-29(15-13-28)22(17-4-8-19(25)9-5-17)18-6-10-20(26)11-7-18/h4-11,22H,12-16H2,1-3H3,(H,27,31). The Morgan fingerprint density at radius 3 is 1.74 bits per heavy atom. The van der Waals surface area contributed by atoms with Crippen molar-refractivity contribution in [3.63, 3.8) is 0 Å². The second-order valence-electron chi connectivity index (χ2n) is 8.86. The minimum atomic E-state index is -0.545. The SMILES string of the molecule is CC(C)(C)C(=O)NCC(=O)N1CCN(C(c2ccc(F)cc2)c2ccc(F)cc2)CC1. The fraction of sp³-hybridized carbons (Fsp3) is 0.417. The van der Waals surface area contributed by atoms with Gasteiger partial charge in [0.1, 0.15) is 11.6 Å². The van der Waals surface area contributed by atoms with E-state index in [1.807, 2.05) is 0 Å². The normalized spacial score (nSPS) is 15.2. The third kappa shape index (κ3) is 5.88. The molecule has 5 nitrogen and oxygen atoms in total. The Morgan fingerprint density at radius 2 is 1.32 bits per heavy atom. The molecule has 3 rings (SSSR count). The average Bonchev–Trinajstić information content (AvgIpc) is 2.74. The molecule has 166 valence electrons. The van der Waals surface area contributed by atoms with E-state index in [0.717, 1.165) is 11.1 Å². The molecule has 0 unspecified atom stereocenters. The van der Waals surface area contributed by atoms with E-state index in [4.69, 9.17) is 0 Å². The highest BCUT2D eigenvalue weighted by atomic mass is 19.1. The van der Waals surface area contributed by atoms with Crippen molar-refractivity contribution >= 4 is 11.8 Å². The van der Waals surface area contributed by atoms with E-state index >= 15 is 0 Å². The molecule has 2 aromatic carbocycles. The zero-order chi connectivity index (χ0) is 22.6. The first kappa shape index (κ1) is 22.9. The van der Waals surface area contributed by atoms with Gasteiger partial charge in [0.05, 0.1) is 12.6 Å². The zero-order valence-corrected chi connectivity index (χ0v) is 18.2. The Balaban J connectivity index is 1.68. The lowest BCUT2D eigenvalue weighted by molar-refractivity contribution is -0.136. The van der Waals surface area contributed by atoms with Crippen LogP contribution < -0.4 is 5.32 Å². The number of hydrogen-bond donors (Lipinski definition) is 1. The summed E-state index contributed by atoms with van der Waals surface area (Å²) >= 11 is 0. The van der Waals surface area contributed by atoms with Gasteiger partial charge in [-0.25, -0.2) is 8.78 Å². The van der Waals surface area contributed by atoms with Crippen LogP contribution in [0.15, 0.2) is 48.5 Å². The molecule has 1 N–H and O–H groups in total. The van der Waals surface area contributed by atoms with Crippen LogP contribution in [-0.4, -0.2) is 54.3 Å². The lowest BCUT2D eigenvalue weighted by Crippen LogP contribution is -2.52. The molecule has 1 saturated heterocycles. The first-order valence-electron chi connectivity index (χ1n) is 10.5. The van der Waals surface area contributed by atoms with Crippen molar-refractivity contribution in [2.24, 2.45) is 5.41 Å².